The van der Waals surface area contributed by atoms with Crippen LogP contribution in [-0.4, -0.2) is 42.8 Å². The molecule has 5 nitrogen and oxygen atoms in total. The van der Waals surface area contributed by atoms with Gasteiger partial charge in [0, 0.05) is 12.3 Å². The van der Waals surface area contributed by atoms with Crippen LogP contribution in [0, 0.1) is 5.92 Å². The van der Waals surface area contributed by atoms with Gasteiger partial charge in [0.1, 0.15) is 5.78 Å². The van der Waals surface area contributed by atoms with Gasteiger partial charge in [0.2, 0.25) is 0 Å². The maximum atomic E-state index is 12.1. The van der Waals surface area contributed by atoms with Crippen LogP contribution in [0.25, 0.3) is 0 Å². The average molecular weight is 352 g/mol. The summed E-state index contributed by atoms with van der Waals surface area (Å²) in [6.45, 7) is 8.32. The third-order valence-corrected chi connectivity index (χ3v) is 5.62. The lowest BCUT2D eigenvalue weighted by atomic mass is 9.88. The lowest BCUT2D eigenvalue weighted by molar-refractivity contribution is -0.245. The lowest BCUT2D eigenvalue weighted by Gasteiger charge is -2.43. The highest BCUT2D eigenvalue weighted by Gasteiger charge is 2.58. The smallest absolute Gasteiger partial charge is 0.340 e. The van der Waals surface area contributed by atoms with Gasteiger partial charge < -0.3 is 14.2 Å². The number of hydrogen-bond acceptors (Lipinski definition) is 5. The molecule has 0 aliphatic carbocycles. The first-order chi connectivity index (χ1) is 11.7. The van der Waals surface area contributed by atoms with E-state index in [4.69, 9.17) is 14.2 Å². The Hall–Kier alpha value is -1.20. The van der Waals surface area contributed by atoms with Crippen LogP contribution in [0.15, 0.2) is 11.6 Å². The van der Waals surface area contributed by atoms with Crippen LogP contribution in [-0.2, 0) is 23.8 Å². The summed E-state index contributed by atoms with van der Waals surface area (Å²) < 4.78 is 17.0. The number of rotatable bonds is 8. The highest BCUT2D eigenvalue weighted by Crippen LogP contribution is 2.45. The van der Waals surface area contributed by atoms with Gasteiger partial charge in [0.05, 0.1) is 25.4 Å². The fourth-order valence-electron chi connectivity index (χ4n) is 3.72. The molecular formula is C20H32O5. The van der Waals surface area contributed by atoms with Crippen molar-refractivity contribution in [2.45, 2.75) is 83.5 Å². The Morgan fingerprint density at radius 1 is 1.36 bits per heavy atom. The molecular weight excluding hydrogens is 320 g/mol. The van der Waals surface area contributed by atoms with E-state index in [2.05, 4.69) is 6.92 Å². The predicted octanol–water partition coefficient (Wildman–Crippen LogP) is 3.60. The molecule has 2 heterocycles. The van der Waals surface area contributed by atoms with Gasteiger partial charge in [0.15, 0.2) is 5.60 Å². The fourth-order valence-corrected chi connectivity index (χ4v) is 3.72. The molecule has 2 saturated heterocycles. The van der Waals surface area contributed by atoms with Crippen LogP contribution >= 0.6 is 0 Å². The largest absolute Gasteiger partial charge is 0.467 e. The summed E-state index contributed by atoms with van der Waals surface area (Å²) in [5.41, 5.74) is -0.125. The highest BCUT2D eigenvalue weighted by atomic mass is 16.6. The number of esters is 1. The predicted molar refractivity (Wildman–Crippen MR) is 95.3 cm³/mol. The summed E-state index contributed by atoms with van der Waals surface area (Å²) in [6.07, 6.45) is 6.46. The van der Waals surface area contributed by atoms with Gasteiger partial charge in [-0.3, -0.25) is 4.79 Å². The van der Waals surface area contributed by atoms with Gasteiger partial charge in [-0.25, -0.2) is 4.79 Å². The standard InChI is InChI=1S/C20H32O5/c1-14(2)8-9-16(21)15(3)7-6-11-19(4)17-10-12-20(25-17,13-24-19)18(22)23-5/h8,15,17H,6-7,9-13H2,1-5H3/t15?,17-,19+,20+/m1/s1. The molecule has 0 amide bonds. The van der Waals surface area contributed by atoms with E-state index in [-0.39, 0.29) is 30.4 Å². The van der Waals surface area contributed by atoms with Crippen LogP contribution in [0.4, 0.5) is 0 Å². The van der Waals surface area contributed by atoms with Gasteiger partial charge >= 0.3 is 5.97 Å². The molecule has 2 aliphatic heterocycles. The Morgan fingerprint density at radius 2 is 2.08 bits per heavy atom. The molecule has 0 aromatic heterocycles. The Morgan fingerprint density at radius 3 is 2.72 bits per heavy atom. The molecule has 0 radical (unpaired) electrons. The van der Waals surface area contributed by atoms with Gasteiger partial charge in [-0.1, -0.05) is 18.6 Å². The molecule has 4 atom stereocenters. The zero-order chi connectivity index (χ0) is 18.7. The van der Waals surface area contributed by atoms with Crippen LogP contribution < -0.4 is 0 Å². The van der Waals surface area contributed by atoms with Gasteiger partial charge in [-0.15, -0.1) is 0 Å². The minimum atomic E-state index is -0.910. The third kappa shape index (κ3) is 4.50. The molecule has 0 aromatic carbocycles. The van der Waals surface area contributed by atoms with Crippen molar-refractivity contribution in [1.29, 1.82) is 0 Å². The maximum absolute atomic E-state index is 12.1. The Labute approximate surface area is 151 Å². The maximum Gasteiger partial charge on any atom is 0.340 e. The topological polar surface area (TPSA) is 61.8 Å². The lowest BCUT2D eigenvalue weighted by Crippen LogP contribution is -2.56. The fraction of sp³-hybridized carbons (Fsp3) is 0.800. The molecule has 0 N–H and O–H groups in total. The molecule has 25 heavy (non-hydrogen) atoms. The molecule has 0 spiro atoms. The minimum Gasteiger partial charge on any atom is -0.467 e. The molecule has 2 bridgehead atoms. The first kappa shape index (κ1) is 20.1. The highest BCUT2D eigenvalue weighted by molar-refractivity contribution is 5.82. The second-order valence-corrected chi connectivity index (χ2v) is 7.98. The van der Waals surface area contributed by atoms with Gasteiger partial charge in [-0.2, -0.15) is 0 Å². The van der Waals surface area contributed by atoms with Gasteiger partial charge in [0.25, 0.3) is 0 Å². The molecule has 1 unspecified atom stereocenters. The van der Waals surface area contributed by atoms with Crippen molar-refractivity contribution in [2.75, 3.05) is 13.7 Å². The summed E-state index contributed by atoms with van der Waals surface area (Å²) in [5.74, 6) is 0.00901. The number of carbonyl (C=O) groups is 2. The number of methoxy groups -OCH3 is 1. The van der Waals surface area contributed by atoms with Crippen molar-refractivity contribution in [3.8, 4) is 0 Å². The number of ether oxygens (including phenoxy) is 3. The van der Waals surface area contributed by atoms with Crippen molar-refractivity contribution >= 4 is 11.8 Å². The second-order valence-electron chi connectivity index (χ2n) is 7.98. The van der Waals surface area contributed by atoms with E-state index < -0.39 is 11.2 Å². The van der Waals surface area contributed by atoms with Crippen LogP contribution in [0.5, 0.6) is 0 Å². The summed E-state index contributed by atoms with van der Waals surface area (Å²) >= 11 is 0. The number of Topliss-reactive ketones (excluding diaryl/α,β-unsaturated/α-hetero) is 1. The Kier molecular flexibility index (Phi) is 6.44. The summed E-state index contributed by atoms with van der Waals surface area (Å²) in [7, 11) is 1.38. The van der Waals surface area contributed by atoms with Crippen LogP contribution in [0.3, 0.4) is 0 Å². The molecule has 0 saturated carbocycles. The minimum absolute atomic E-state index is 0.0569. The Balaban J connectivity index is 1.83. The molecule has 0 aromatic rings. The average Bonchev–Trinajstić information content (AvgIpc) is 2.98. The first-order valence-corrected chi connectivity index (χ1v) is 9.29. The van der Waals surface area contributed by atoms with Crippen LogP contribution in [0.2, 0.25) is 0 Å². The van der Waals surface area contributed by atoms with E-state index in [9.17, 15) is 9.59 Å². The number of allylic oxidation sites excluding steroid dienone is 2. The number of fused-ring (bicyclic) bond motifs is 2. The van der Waals surface area contributed by atoms with E-state index in [0.29, 0.717) is 12.8 Å². The van der Waals surface area contributed by atoms with Crippen molar-refractivity contribution in [1.82, 2.24) is 0 Å². The quantitative estimate of drug-likeness (QED) is 0.493. The van der Waals surface area contributed by atoms with Crippen LogP contribution in [0.1, 0.15) is 66.2 Å². The van der Waals surface area contributed by atoms with E-state index in [0.717, 1.165) is 25.7 Å². The van der Waals surface area contributed by atoms with Crippen molar-refractivity contribution in [3.63, 3.8) is 0 Å². The zero-order valence-corrected chi connectivity index (χ0v) is 16.2. The van der Waals surface area contributed by atoms with Crippen molar-refractivity contribution < 1.29 is 23.8 Å². The third-order valence-electron chi connectivity index (χ3n) is 5.62. The second kappa shape index (κ2) is 8.00. The van der Waals surface area contributed by atoms with E-state index in [1.807, 2.05) is 26.8 Å². The zero-order valence-electron chi connectivity index (χ0n) is 16.2. The summed E-state index contributed by atoms with van der Waals surface area (Å²) in [4.78, 5) is 24.1. The monoisotopic (exact) mass is 352 g/mol. The summed E-state index contributed by atoms with van der Waals surface area (Å²) in [6, 6.07) is 0. The molecule has 5 heteroatoms. The number of carbonyl (C=O) groups excluding carboxylic acids is 2. The van der Waals surface area contributed by atoms with Crippen molar-refractivity contribution in [2.24, 2.45) is 5.92 Å². The van der Waals surface area contributed by atoms with E-state index in [1.165, 1.54) is 12.7 Å². The Bertz CT molecular complexity index is 536. The molecule has 2 fully saturated rings. The van der Waals surface area contributed by atoms with E-state index in [1.54, 1.807) is 0 Å². The first-order valence-electron chi connectivity index (χ1n) is 9.29. The molecule has 2 rings (SSSR count). The molecule has 2 aliphatic rings. The number of ketones is 1. The van der Waals surface area contributed by atoms with Gasteiger partial charge in [-0.05, 0) is 52.9 Å². The van der Waals surface area contributed by atoms with Crippen molar-refractivity contribution in [3.05, 3.63) is 11.6 Å². The normalized spacial score (nSPS) is 32.1. The van der Waals surface area contributed by atoms with E-state index >= 15 is 0 Å². The summed E-state index contributed by atoms with van der Waals surface area (Å²) in [5, 5.41) is 0. The molecule has 142 valence electrons. The SMILES string of the molecule is COC(=O)[C@@]12CC[C@@H](O1)[C@](C)(CCCC(C)C(=O)CC=C(C)C)OC2. The number of hydrogen-bond donors (Lipinski definition) is 0.